The van der Waals surface area contributed by atoms with Crippen LogP contribution < -0.4 is 16.2 Å². The summed E-state index contributed by atoms with van der Waals surface area (Å²) in [7, 11) is 0. The third kappa shape index (κ3) is 4.89. The van der Waals surface area contributed by atoms with Gasteiger partial charge in [0.15, 0.2) is 0 Å². The van der Waals surface area contributed by atoms with E-state index < -0.39 is 6.03 Å². The average Bonchev–Trinajstić information content (AvgIpc) is 3.25. The number of benzene rings is 1. The lowest BCUT2D eigenvalue weighted by atomic mass is 10.1. The van der Waals surface area contributed by atoms with E-state index >= 15 is 0 Å². The van der Waals surface area contributed by atoms with Gasteiger partial charge in [-0.2, -0.15) is 0 Å². The van der Waals surface area contributed by atoms with Crippen LogP contribution in [0, 0.1) is 20.8 Å². The molecular weight excluding hydrogens is 382 g/mol. The number of carbonyl (C=O) groups is 2. The number of amides is 3. The van der Waals surface area contributed by atoms with Crippen LogP contribution in [-0.2, 0) is 11.2 Å². The number of hydrogen-bond acceptors (Lipinski definition) is 6. The van der Waals surface area contributed by atoms with Gasteiger partial charge in [0.25, 0.3) is 0 Å². The van der Waals surface area contributed by atoms with Gasteiger partial charge in [-0.05, 0) is 31.9 Å². The van der Waals surface area contributed by atoms with E-state index in [0.717, 1.165) is 32.5 Å². The molecule has 3 rings (SSSR count). The molecular formula is C18H19N5O2S2. The zero-order valence-electron chi connectivity index (χ0n) is 15.1. The first-order valence-corrected chi connectivity index (χ1v) is 9.97. The Bertz CT molecular complexity index is 960. The number of rotatable bonds is 4. The summed E-state index contributed by atoms with van der Waals surface area (Å²) in [5.41, 5.74) is 8.83. The van der Waals surface area contributed by atoms with Crippen LogP contribution in [0.3, 0.4) is 0 Å². The molecule has 0 saturated carbocycles. The van der Waals surface area contributed by atoms with Crippen molar-refractivity contribution in [3.63, 3.8) is 0 Å². The van der Waals surface area contributed by atoms with E-state index in [-0.39, 0.29) is 12.3 Å². The minimum absolute atomic E-state index is 0.0727. The molecule has 2 heterocycles. The van der Waals surface area contributed by atoms with Crippen molar-refractivity contribution in [2.75, 3.05) is 5.32 Å². The van der Waals surface area contributed by atoms with Crippen LogP contribution in [-0.4, -0.2) is 21.9 Å². The number of nitrogens with zero attached hydrogens (tertiary/aromatic N) is 2. The molecule has 3 N–H and O–H groups in total. The second-order valence-corrected chi connectivity index (χ2v) is 7.89. The number of anilines is 1. The van der Waals surface area contributed by atoms with Crippen molar-refractivity contribution < 1.29 is 9.59 Å². The molecule has 3 aromatic rings. The Morgan fingerprint density at radius 1 is 1.00 bits per heavy atom. The number of hydrogen-bond donors (Lipinski definition) is 3. The van der Waals surface area contributed by atoms with Crippen LogP contribution in [0.15, 0.2) is 29.0 Å². The molecule has 2 aromatic heterocycles. The normalized spacial score (nSPS) is 10.5. The molecule has 7 nitrogen and oxygen atoms in total. The van der Waals surface area contributed by atoms with Gasteiger partial charge in [-0.1, -0.05) is 18.2 Å². The SMILES string of the molecule is Cc1nc(-c2nc(CC(=O)NNC(=O)Nc3c(C)cccc3C)cs2)cs1. The Hall–Kier alpha value is -2.78. The standard InChI is InChI=1S/C18H19N5O2S2/c1-10-5-4-6-11(2)16(10)21-18(25)23-22-15(24)7-13-8-27-17(20-13)14-9-26-12(3)19-14/h4-6,8-9H,7H2,1-3H3,(H,22,24)(H2,21,23,25). The summed E-state index contributed by atoms with van der Waals surface area (Å²) in [5.74, 6) is -0.349. The van der Waals surface area contributed by atoms with Gasteiger partial charge in [0.05, 0.1) is 17.1 Å². The van der Waals surface area contributed by atoms with Crippen LogP contribution in [0.25, 0.3) is 10.7 Å². The van der Waals surface area contributed by atoms with Gasteiger partial charge >= 0.3 is 6.03 Å². The predicted molar refractivity (Wildman–Crippen MR) is 108 cm³/mol. The molecule has 0 fully saturated rings. The van der Waals surface area contributed by atoms with Crippen molar-refractivity contribution in [1.29, 1.82) is 0 Å². The van der Waals surface area contributed by atoms with Crippen LogP contribution in [0.2, 0.25) is 0 Å². The minimum atomic E-state index is -0.502. The van der Waals surface area contributed by atoms with Crippen molar-refractivity contribution in [3.8, 4) is 10.7 Å². The fraction of sp³-hybridized carbons (Fsp3) is 0.222. The Morgan fingerprint density at radius 2 is 1.74 bits per heavy atom. The summed E-state index contributed by atoms with van der Waals surface area (Å²) in [6.45, 7) is 5.75. The van der Waals surface area contributed by atoms with E-state index in [9.17, 15) is 9.59 Å². The molecule has 9 heteroatoms. The maximum Gasteiger partial charge on any atom is 0.337 e. The van der Waals surface area contributed by atoms with Crippen molar-refractivity contribution in [3.05, 3.63) is 50.8 Å². The van der Waals surface area contributed by atoms with Gasteiger partial charge in [0, 0.05) is 16.4 Å². The molecule has 0 aliphatic rings. The first-order chi connectivity index (χ1) is 12.9. The topological polar surface area (TPSA) is 96.0 Å². The molecule has 0 spiro atoms. The molecule has 1 aromatic carbocycles. The molecule has 0 radical (unpaired) electrons. The van der Waals surface area contributed by atoms with Gasteiger partial charge in [-0.25, -0.2) is 20.2 Å². The van der Waals surface area contributed by atoms with Crippen LogP contribution in [0.1, 0.15) is 21.8 Å². The van der Waals surface area contributed by atoms with Crippen LogP contribution in [0.5, 0.6) is 0 Å². The van der Waals surface area contributed by atoms with Gasteiger partial charge in [0.1, 0.15) is 10.7 Å². The second kappa shape index (κ2) is 8.28. The van der Waals surface area contributed by atoms with Crippen molar-refractivity contribution >= 4 is 40.3 Å². The van der Waals surface area contributed by atoms with Gasteiger partial charge < -0.3 is 5.32 Å². The summed E-state index contributed by atoms with van der Waals surface area (Å²) >= 11 is 3.00. The predicted octanol–water partition coefficient (Wildman–Crippen LogP) is 3.59. The fourth-order valence-corrected chi connectivity index (χ4v) is 3.91. The zero-order valence-corrected chi connectivity index (χ0v) is 16.8. The Balaban J connectivity index is 1.51. The highest BCUT2D eigenvalue weighted by Crippen LogP contribution is 2.25. The van der Waals surface area contributed by atoms with Crippen LogP contribution in [0.4, 0.5) is 10.5 Å². The third-order valence-corrected chi connectivity index (χ3v) is 5.45. The maximum absolute atomic E-state index is 12.1. The van der Waals surface area contributed by atoms with E-state index in [2.05, 4.69) is 26.1 Å². The quantitative estimate of drug-likeness (QED) is 0.582. The van der Waals surface area contributed by atoms with Crippen molar-refractivity contribution in [1.82, 2.24) is 20.8 Å². The Labute approximate surface area is 164 Å². The highest BCUT2D eigenvalue weighted by atomic mass is 32.1. The lowest BCUT2D eigenvalue weighted by Gasteiger charge is -2.12. The van der Waals surface area contributed by atoms with Gasteiger partial charge in [-0.15, -0.1) is 22.7 Å². The monoisotopic (exact) mass is 401 g/mol. The molecule has 0 atom stereocenters. The van der Waals surface area contributed by atoms with E-state index in [4.69, 9.17) is 0 Å². The Kier molecular flexibility index (Phi) is 5.82. The number of aryl methyl sites for hydroxylation is 3. The number of nitrogens with one attached hydrogen (secondary N) is 3. The summed E-state index contributed by atoms with van der Waals surface area (Å²) in [6.07, 6.45) is 0.0727. The average molecular weight is 402 g/mol. The van der Waals surface area contributed by atoms with E-state index in [1.807, 2.05) is 49.7 Å². The molecule has 0 saturated heterocycles. The van der Waals surface area contributed by atoms with Crippen molar-refractivity contribution in [2.24, 2.45) is 0 Å². The number of hydrazine groups is 1. The molecule has 0 bridgehead atoms. The largest absolute Gasteiger partial charge is 0.337 e. The van der Waals surface area contributed by atoms with E-state index in [1.165, 1.54) is 11.3 Å². The van der Waals surface area contributed by atoms with Crippen molar-refractivity contribution in [2.45, 2.75) is 27.2 Å². The summed E-state index contributed by atoms with van der Waals surface area (Å²) in [5, 5.41) is 8.25. The molecule has 0 aliphatic heterocycles. The number of thiazole rings is 2. The van der Waals surface area contributed by atoms with Crippen LogP contribution >= 0.6 is 22.7 Å². The highest BCUT2D eigenvalue weighted by molar-refractivity contribution is 7.14. The third-order valence-electron chi connectivity index (χ3n) is 3.77. The molecule has 140 valence electrons. The highest BCUT2D eigenvalue weighted by Gasteiger charge is 2.12. The van der Waals surface area contributed by atoms with Gasteiger partial charge in [-0.3, -0.25) is 10.2 Å². The number of carbonyl (C=O) groups excluding carboxylic acids is 2. The van der Waals surface area contributed by atoms with Gasteiger partial charge in [0.2, 0.25) is 5.91 Å². The number of urea groups is 1. The Morgan fingerprint density at radius 3 is 2.41 bits per heavy atom. The lowest BCUT2D eigenvalue weighted by Crippen LogP contribution is -2.44. The smallest absolute Gasteiger partial charge is 0.306 e. The molecule has 27 heavy (non-hydrogen) atoms. The first kappa shape index (κ1) is 19.0. The second-order valence-electron chi connectivity index (χ2n) is 5.97. The zero-order chi connectivity index (χ0) is 19.4. The maximum atomic E-state index is 12.1. The molecule has 3 amide bonds. The summed E-state index contributed by atoms with van der Waals surface area (Å²) < 4.78 is 0. The number of para-hydroxylation sites is 1. The number of aromatic nitrogens is 2. The lowest BCUT2D eigenvalue weighted by molar-refractivity contribution is -0.121. The molecule has 0 unspecified atom stereocenters. The van der Waals surface area contributed by atoms with E-state index in [1.54, 1.807) is 11.3 Å². The first-order valence-electron chi connectivity index (χ1n) is 8.21. The summed E-state index contributed by atoms with van der Waals surface area (Å²) in [6, 6.07) is 5.23. The van der Waals surface area contributed by atoms with E-state index in [0.29, 0.717) is 5.69 Å². The molecule has 0 aliphatic carbocycles. The minimum Gasteiger partial charge on any atom is -0.306 e. The summed E-state index contributed by atoms with van der Waals surface area (Å²) in [4.78, 5) is 32.9. The fourth-order valence-electron chi connectivity index (χ4n) is 2.46.